The number of nitrogens with zero attached hydrogens (tertiary/aromatic N) is 2. The lowest BCUT2D eigenvalue weighted by molar-refractivity contribution is 0.306. The average molecular weight is 428 g/mol. The summed E-state index contributed by atoms with van der Waals surface area (Å²) in [5, 5.41) is 3.12. The Kier molecular flexibility index (Phi) is 7.13. The van der Waals surface area contributed by atoms with Gasteiger partial charge in [0.1, 0.15) is 17.3 Å². The zero-order valence-corrected chi connectivity index (χ0v) is 17.8. The molecule has 0 unspecified atom stereocenters. The van der Waals surface area contributed by atoms with E-state index in [0.717, 1.165) is 0 Å². The van der Waals surface area contributed by atoms with Crippen LogP contribution in [0.5, 0.6) is 11.5 Å². The molecular formula is C22H25N3O4S. The first-order chi connectivity index (χ1) is 14.6. The fraction of sp³-hybridized carbons (Fsp3) is 0.227. The Labute approximate surface area is 177 Å². The zero-order valence-electron chi connectivity index (χ0n) is 17.0. The van der Waals surface area contributed by atoms with E-state index >= 15 is 0 Å². The van der Waals surface area contributed by atoms with Gasteiger partial charge in [0.25, 0.3) is 10.0 Å². The van der Waals surface area contributed by atoms with Crippen LogP contribution in [0.15, 0.2) is 77.8 Å². The predicted molar refractivity (Wildman–Crippen MR) is 118 cm³/mol. The van der Waals surface area contributed by atoms with Gasteiger partial charge in [0.15, 0.2) is 11.5 Å². The first kappa shape index (κ1) is 21.4. The van der Waals surface area contributed by atoms with Crippen molar-refractivity contribution in [2.75, 3.05) is 36.4 Å². The number of benzene rings is 2. The van der Waals surface area contributed by atoms with E-state index in [-0.39, 0.29) is 4.90 Å². The van der Waals surface area contributed by atoms with E-state index in [1.54, 1.807) is 38.3 Å². The molecule has 0 aliphatic carbocycles. The summed E-state index contributed by atoms with van der Waals surface area (Å²) in [5.74, 6) is 1.90. The Morgan fingerprint density at radius 1 is 0.967 bits per heavy atom. The van der Waals surface area contributed by atoms with Gasteiger partial charge in [-0.1, -0.05) is 30.3 Å². The average Bonchev–Trinajstić information content (AvgIpc) is 2.78. The lowest BCUT2D eigenvalue weighted by atomic mass is 10.3. The molecule has 1 aromatic heterocycles. The maximum Gasteiger partial charge on any atom is 0.265 e. The minimum absolute atomic E-state index is 0.143. The Balaban J connectivity index is 1.60. The highest BCUT2D eigenvalue weighted by Gasteiger charge is 2.23. The highest BCUT2D eigenvalue weighted by molar-refractivity contribution is 7.92. The normalized spacial score (nSPS) is 11.0. The molecule has 0 saturated carbocycles. The smallest absolute Gasteiger partial charge is 0.265 e. The molecule has 8 heteroatoms. The van der Waals surface area contributed by atoms with Crippen LogP contribution in [0.4, 0.5) is 11.5 Å². The SMILES string of the molecule is CCN(c1ccccc1)S(=O)(=O)c1ccc(NCCOc2ccccc2OC)nc1. The molecule has 0 aliphatic heterocycles. The quantitative estimate of drug-likeness (QED) is 0.496. The van der Waals surface area contributed by atoms with Gasteiger partial charge >= 0.3 is 0 Å². The van der Waals surface area contributed by atoms with Gasteiger partial charge in [-0.3, -0.25) is 4.31 Å². The number of rotatable bonds is 10. The van der Waals surface area contributed by atoms with Crippen LogP contribution in [0, 0.1) is 0 Å². The van der Waals surface area contributed by atoms with Crippen LogP contribution >= 0.6 is 0 Å². The number of nitrogens with one attached hydrogen (secondary N) is 1. The number of hydrogen-bond acceptors (Lipinski definition) is 6. The molecule has 1 heterocycles. The van der Waals surface area contributed by atoms with E-state index in [1.165, 1.54) is 10.5 Å². The molecule has 3 aromatic rings. The molecule has 7 nitrogen and oxygen atoms in total. The zero-order chi connectivity index (χ0) is 21.4. The van der Waals surface area contributed by atoms with Gasteiger partial charge in [-0.15, -0.1) is 0 Å². The van der Waals surface area contributed by atoms with Crippen molar-refractivity contribution >= 4 is 21.5 Å². The van der Waals surface area contributed by atoms with E-state index in [1.807, 2.05) is 42.5 Å². The third-order valence-corrected chi connectivity index (χ3v) is 6.28. The van der Waals surface area contributed by atoms with E-state index in [4.69, 9.17) is 9.47 Å². The van der Waals surface area contributed by atoms with Crippen LogP contribution < -0.4 is 19.1 Å². The summed E-state index contributed by atoms with van der Waals surface area (Å²) in [6.07, 6.45) is 1.37. The van der Waals surface area contributed by atoms with Crippen molar-refractivity contribution in [3.8, 4) is 11.5 Å². The largest absolute Gasteiger partial charge is 0.493 e. The second-order valence-corrected chi connectivity index (χ2v) is 8.17. The van der Waals surface area contributed by atoms with Crippen LogP contribution in [-0.2, 0) is 10.0 Å². The summed E-state index contributed by atoms with van der Waals surface area (Å²) in [4.78, 5) is 4.38. The van der Waals surface area contributed by atoms with E-state index < -0.39 is 10.0 Å². The van der Waals surface area contributed by atoms with Gasteiger partial charge in [0.2, 0.25) is 0 Å². The van der Waals surface area contributed by atoms with Crippen molar-refractivity contribution in [2.24, 2.45) is 0 Å². The van der Waals surface area contributed by atoms with Crippen LogP contribution in [0.1, 0.15) is 6.92 Å². The summed E-state index contributed by atoms with van der Waals surface area (Å²) in [6.45, 7) is 3.03. The highest BCUT2D eigenvalue weighted by Crippen LogP contribution is 2.26. The number of aromatic nitrogens is 1. The molecule has 0 radical (unpaired) electrons. The maximum atomic E-state index is 13.0. The molecule has 3 rings (SSSR count). The second-order valence-electron chi connectivity index (χ2n) is 6.31. The van der Waals surface area contributed by atoms with E-state index in [2.05, 4.69) is 10.3 Å². The standard InChI is InChI=1S/C22H25N3O4S/c1-3-25(18-9-5-4-6-10-18)30(26,27)19-13-14-22(24-17-19)23-15-16-29-21-12-8-7-11-20(21)28-2/h4-14,17H,3,15-16H2,1-2H3,(H,23,24). The van der Waals surface area contributed by atoms with Crippen LogP contribution in [0.25, 0.3) is 0 Å². The first-order valence-corrected chi connectivity index (χ1v) is 11.0. The van der Waals surface area contributed by atoms with Crippen molar-refractivity contribution in [2.45, 2.75) is 11.8 Å². The summed E-state index contributed by atoms with van der Waals surface area (Å²) in [6, 6.07) is 19.6. The van der Waals surface area contributed by atoms with Gasteiger partial charge in [-0.2, -0.15) is 0 Å². The number of pyridine rings is 1. The molecule has 0 saturated heterocycles. The first-order valence-electron chi connectivity index (χ1n) is 9.59. The minimum atomic E-state index is -3.69. The Morgan fingerprint density at radius 2 is 1.67 bits per heavy atom. The molecule has 0 bridgehead atoms. The Bertz CT molecular complexity index is 1040. The van der Waals surface area contributed by atoms with Crippen LogP contribution in [0.3, 0.4) is 0 Å². The fourth-order valence-corrected chi connectivity index (χ4v) is 4.35. The number of sulfonamides is 1. The Morgan fingerprint density at radius 3 is 2.30 bits per heavy atom. The number of anilines is 2. The molecule has 0 aliphatic rings. The van der Waals surface area contributed by atoms with Crippen molar-refractivity contribution in [3.05, 3.63) is 72.9 Å². The number of para-hydroxylation sites is 3. The topological polar surface area (TPSA) is 80.8 Å². The van der Waals surface area contributed by atoms with E-state index in [9.17, 15) is 8.42 Å². The van der Waals surface area contributed by atoms with Crippen molar-refractivity contribution in [1.82, 2.24) is 4.98 Å². The van der Waals surface area contributed by atoms with Gasteiger partial charge in [-0.25, -0.2) is 13.4 Å². The third-order valence-electron chi connectivity index (χ3n) is 4.39. The summed E-state index contributed by atoms with van der Waals surface area (Å²) >= 11 is 0. The molecular weight excluding hydrogens is 402 g/mol. The molecule has 0 amide bonds. The van der Waals surface area contributed by atoms with Crippen molar-refractivity contribution in [1.29, 1.82) is 0 Å². The monoisotopic (exact) mass is 427 g/mol. The lowest BCUT2D eigenvalue weighted by Crippen LogP contribution is -2.30. The summed E-state index contributed by atoms with van der Waals surface area (Å²) in [5.41, 5.74) is 0.621. The summed E-state index contributed by atoms with van der Waals surface area (Å²) in [7, 11) is -2.09. The predicted octanol–water partition coefficient (Wildman–Crippen LogP) is 3.80. The van der Waals surface area contributed by atoms with Crippen LogP contribution in [0.2, 0.25) is 0 Å². The molecule has 1 N–H and O–H groups in total. The molecule has 2 aromatic carbocycles. The molecule has 0 atom stereocenters. The van der Waals surface area contributed by atoms with Gasteiger partial charge in [-0.05, 0) is 43.3 Å². The minimum Gasteiger partial charge on any atom is -0.493 e. The summed E-state index contributed by atoms with van der Waals surface area (Å²) < 4.78 is 38.3. The third kappa shape index (κ3) is 5.01. The molecule has 30 heavy (non-hydrogen) atoms. The second kappa shape index (κ2) is 9.98. The van der Waals surface area contributed by atoms with Gasteiger partial charge < -0.3 is 14.8 Å². The number of ether oxygens (including phenoxy) is 2. The lowest BCUT2D eigenvalue weighted by Gasteiger charge is -2.22. The number of methoxy groups -OCH3 is 1. The van der Waals surface area contributed by atoms with Crippen molar-refractivity contribution in [3.63, 3.8) is 0 Å². The van der Waals surface area contributed by atoms with Crippen molar-refractivity contribution < 1.29 is 17.9 Å². The molecule has 0 spiro atoms. The fourth-order valence-electron chi connectivity index (χ4n) is 2.93. The molecule has 158 valence electrons. The van der Waals surface area contributed by atoms with Gasteiger partial charge in [0, 0.05) is 12.7 Å². The van der Waals surface area contributed by atoms with Gasteiger partial charge in [0.05, 0.1) is 19.3 Å². The maximum absolute atomic E-state index is 13.0. The number of hydrogen-bond donors (Lipinski definition) is 1. The van der Waals surface area contributed by atoms with E-state index in [0.29, 0.717) is 42.7 Å². The molecule has 0 fully saturated rings. The highest BCUT2D eigenvalue weighted by atomic mass is 32.2. The Hall–Kier alpha value is -3.26. The van der Waals surface area contributed by atoms with Crippen LogP contribution in [-0.4, -0.2) is 40.2 Å².